The number of alkyl halides is 6. The maximum absolute atomic E-state index is 12.9. The van der Waals surface area contributed by atoms with Gasteiger partial charge in [0.15, 0.2) is 0 Å². The van der Waals surface area contributed by atoms with Gasteiger partial charge in [-0.3, -0.25) is 4.79 Å². The zero-order valence-corrected chi connectivity index (χ0v) is 13.6. The number of rotatable bonds is 3. The molecule has 134 valence electrons. The molecule has 0 N–H and O–H groups in total. The number of halogens is 6. The zero-order valence-electron chi connectivity index (χ0n) is 13.6. The van der Waals surface area contributed by atoms with E-state index in [1.54, 1.807) is 14.1 Å². The smallest absolute Gasteiger partial charge is 0.308 e. The molecular weight excluding hydrogens is 326 g/mol. The molecule has 0 fully saturated rings. The molecule has 1 heterocycles. The molecule has 0 aliphatic heterocycles. The van der Waals surface area contributed by atoms with Crippen molar-refractivity contribution in [3.63, 3.8) is 0 Å². The van der Waals surface area contributed by atoms with Crippen LogP contribution in [0.25, 0.3) is 0 Å². The second kappa shape index (κ2) is 7.85. The number of nitrogens with zero attached hydrogens (tertiary/aromatic N) is 2. The van der Waals surface area contributed by atoms with Crippen LogP contribution in [0.5, 0.6) is 0 Å². The normalized spacial score (nSPS) is 12.2. The predicted octanol–water partition coefficient (Wildman–Crippen LogP) is 3.78. The Hall–Kier alpha value is -1.51. The fourth-order valence-electron chi connectivity index (χ4n) is 1.80. The largest absolute Gasteiger partial charge is 0.431 e. The maximum Gasteiger partial charge on any atom is 0.431 e. The lowest BCUT2D eigenvalue weighted by molar-refractivity contribution is -0.148. The molecule has 0 amide bonds. The average Bonchev–Trinajstić information content (AvgIpc) is 2.39. The highest BCUT2D eigenvalue weighted by Gasteiger charge is 2.40. The lowest BCUT2D eigenvalue weighted by Crippen LogP contribution is -2.35. The van der Waals surface area contributed by atoms with Crippen LogP contribution in [0.4, 0.5) is 26.3 Å². The summed E-state index contributed by atoms with van der Waals surface area (Å²) in [5, 5.41) is 0. The van der Waals surface area contributed by atoms with Crippen molar-refractivity contribution in [2.45, 2.75) is 39.7 Å². The minimum Gasteiger partial charge on any atom is -0.308 e. The Morgan fingerprint density at radius 1 is 1.04 bits per heavy atom. The Bertz CT molecular complexity index is 572. The molecule has 0 atom stereocenters. The monoisotopic (exact) mass is 346 g/mol. The van der Waals surface area contributed by atoms with E-state index in [-0.39, 0.29) is 19.2 Å². The van der Waals surface area contributed by atoms with Crippen molar-refractivity contribution < 1.29 is 26.3 Å². The Morgan fingerprint density at radius 3 is 1.87 bits per heavy atom. The molecule has 0 aliphatic rings. The molecule has 1 aromatic rings. The number of hydrogen-bond acceptors (Lipinski definition) is 2. The zero-order chi connectivity index (χ0) is 18.6. The molecule has 9 heteroatoms. The fourth-order valence-corrected chi connectivity index (χ4v) is 1.80. The minimum absolute atomic E-state index is 0.00755. The third kappa shape index (κ3) is 5.56. The van der Waals surface area contributed by atoms with E-state index in [0.29, 0.717) is 4.57 Å². The summed E-state index contributed by atoms with van der Waals surface area (Å²) in [4.78, 5) is 13.4. The van der Waals surface area contributed by atoms with Crippen LogP contribution in [-0.2, 0) is 18.9 Å². The van der Waals surface area contributed by atoms with E-state index in [9.17, 15) is 31.1 Å². The van der Waals surface area contributed by atoms with Crippen LogP contribution < -0.4 is 5.56 Å². The first-order chi connectivity index (χ1) is 10.4. The summed E-state index contributed by atoms with van der Waals surface area (Å²) in [5.74, 6) is 0. The van der Waals surface area contributed by atoms with Gasteiger partial charge in [-0.2, -0.15) is 26.3 Å². The van der Waals surface area contributed by atoms with Crippen LogP contribution in [0, 0.1) is 6.92 Å². The molecule has 1 aromatic heterocycles. The quantitative estimate of drug-likeness (QED) is 0.778. The lowest BCUT2D eigenvalue weighted by Gasteiger charge is -2.20. The van der Waals surface area contributed by atoms with E-state index in [0.717, 1.165) is 6.92 Å². The summed E-state index contributed by atoms with van der Waals surface area (Å²) >= 11 is 0. The van der Waals surface area contributed by atoms with Crippen molar-refractivity contribution >= 4 is 0 Å². The summed E-state index contributed by atoms with van der Waals surface area (Å²) in [6.07, 6.45) is -10.1. The Morgan fingerprint density at radius 2 is 1.52 bits per heavy atom. The van der Waals surface area contributed by atoms with Crippen LogP contribution in [0.2, 0.25) is 0 Å². The van der Waals surface area contributed by atoms with E-state index >= 15 is 0 Å². The lowest BCUT2D eigenvalue weighted by atomic mass is 10.1. The second-order valence-electron chi connectivity index (χ2n) is 4.82. The number of pyridine rings is 1. The molecule has 0 aliphatic carbocycles. The van der Waals surface area contributed by atoms with Gasteiger partial charge in [-0.15, -0.1) is 0 Å². The van der Waals surface area contributed by atoms with E-state index in [4.69, 9.17) is 0 Å². The van der Waals surface area contributed by atoms with Crippen LogP contribution >= 0.6 is 0 Å². The van der Waals surface area contributed by atoms with Crippen LogP contribution in [0.3, 0.4) is 0 Å². The third-order valence-electron chi connectivity index (χ3n) is 2.91. The van der Waals surface area contributed by atoms with Gasteiger partial charge < -0.3 is 9.47 Å². The third-order valence-corrected chi connectivity index (χ3v) is 2.91. The molecular formula is C14H20F6N2O. The van der Waals surface area contributed by atoms with Crippen molar-refractivity contribution in [3.05, 3.63) is 33.2 Å². The Labute approximate surface area is 130 Å². The highest BCUT2D eigenvalue weighted by molar-refractivity contribution is 5.30. The first-order valence-corrected chi connectivity index (χ1v) is 6.89. The van der Waals surface area contributed by atoms with Gasteiger partial charge in [0.05, 0.1) is 5.56 Å². The summed E-state index contributed by atoms with van der Waals surface area (Å²) in [5.41, 5.74) is -5.17. The number of likely N-dealkylation sites (N-methyl/N-ethyl adjacent to an activating group) is 1. The molecule has 23 heavy (non-hydrogen) atoms. The van der Waals surface area contributed by atoms with Crippen LogP contribution in [0.15, 0.2) is 10.9 Å². The summed E-state index contributed by atoms with van der Waals surface area (Å²) in [6, 6.07) is -0.00755. The molecule has 0 bridgehead atoms. The Balaban J connectivity index is 0.00000232. The molecule has 0 saturated heterocycles. The van der Waals surface area contributed by atoms with Gasteiger partial charge in [-0.1, -0.05) is 13.8 Å². The Kier molecular flexibility index (Phi) is 7.33. The van der Waals surface area contributed by atoms with Crippen molar-refractivity contribution in [3.8, 4) is 0 Å². The van der Waals surface area contributed by atoms with E-state index in [1.165, 1.54) is 4.90 Å². The van der Waals surface area contributed by atoms with E-state index in [1.807, 2.05) is 13.8 Å². The van der Waals surface area contributed by atoms with Crippen molar-refractivity contribution in [2.24, 2.45) is 0 Å². The van der Waals surface area contributed by atoms with Gasteiger partial charge in [0.1, 0.15) is 5.69 Å². The molecule has 0 aromatic carbocycles. The first-order valence-electron chi connectivity index (χ1n) is 6.89. The highest BCUT2D eigenvalue weighted by Crippen LogP contribution is 2.35. The molecule has 0 spiro atoms. The van der Waals surface area contributed by atoms with Gasteiger partial charge in [-0.05, 0) is 27.1 Å². The van der Waals surface area contributed by atoms with Gasteiger partial charge in [0, 0.05) is 18.7 Å². The molecule has 0 unspecified atom stereocenters. The predicted molar refractivity (Wildman–Crippen MR) is 75.3 cm³/mol. The summed E-state index contributed by atoms with van der Waals surface area (Å²) in [7, 11) is 3.16. The van der Waals surface area contributed by atoms with E-state index < -0.39 is 34.7 Å². The minimum atomic E-state index is -5.04. The summed E-state index contributed by atoms with van der Waals surface area (Å²) < 4.78 is 77.2. The topological polar surface area (TPSA) is 25.2 Å². The molecule has 3 nitrogen and oxygen atoms in total. The fraction of sp³-hybridized carbons (Fsp3) is 0.643. The van der Waals surface area contributed by atoms with Crippen molar-refractivity contribution in [2.75, 3.05) is 20.6 Å². The maximum atomic E-state index is 12.9. The SMILES string of the molecule is CC.Cc1c(C(F)(F)F)cc(C(F)(F)F)n(CCN(C)C)c1=O. The standard InChI is InChI=1S/C12H14F6N2O.C2H6/c1-7-8(11(13,14)15)6-9(12(16,17)18)20(10(7)21)5-4-19(2)3;1-2/h6H,4-5H2,1-3H3;1-2H3. The molecule has 0 saturated carbocycles. The van der Waals surface area contributed by atoms with Gasteiger partial charge in [0.25, 0.3) is 5.56 Å². The van der Waals surface area contributed by atoms with Gasteiger partial charge >= 0.3 is 12.4 Å². The average molecular weight is 346 g/mol. The van der Waals surface area contributed by atoms with E-state index in [2.05, 4.69) is 0 Å². The van der Waals surface area contributed by atoms with Crippen LogP contribution in [0.1, 0.15) is 30.7 Å². The summed E-state index contributed by atoms with van der Waals surface area (Å²) in [6.45, 7) is 4.62. The molecule has 0 radical (unpaired) electrons. The number of aromatic nitrogens is 1. The second-order valence-corrected chi connectivity index (χ2v) is 4.82. The van der Waals surface area contributed by atoms with Crippen molar-refractivity contribution in [1.29, 1.82) is 0 Å². The van der Waals surface area contributed by atoms with Gasteiger partial charge in [-0.25, -0.2) is 0 Å². The molecule has 1 rings (SSSR count). The first kappa shape index (κ1) is 21.5. The van der Waals surface area contributed by atoms with Crippen LogP contribution in [-0.4, -0.2) is 30.1 Å². The highest BCUT2D eigenvalue weighted by atomic mass is 19.4. The van der Waals surface area contributed by atoms with Gasteiger partial charge in [0.2, 0.25) is 0 Å². The number of hydrogen-bond donors (Lipinski definition) is 0. The van der Waals surface area contributed by atoms with Crippen molar-refractivity contribution in [1.82, 2.24) is 9.47 Å².